The normalized spacial score (nSPS) is 10.5. The number of hydrogen-bond acceptors (Lipinski definition) is 5. The largest absolute Gasteiger partial charge is 0.486 e. The van der Waals surface area contributed by atoms with Gasteiger partial charge in [-0.2, -0.15) is 0 Å². The molecule has 4 nitrogen and oxygen atoms in total. The molecular weight excluding hydrogens is 270 g/mol. The third kappa shape index (κ3) is 3.08. The van der Waals surface area contributed by atoms with Crippen LogP contribution in [0.1, 0.15) is 32.8 Å². The van der Waals surface area contributed by atoms with E-state index in [1.54, 1.807) is 11.7 Å². The van der Waals surface area contributed by atoms with E-state index in [1.165, 1.54) is 22.7 Å². The molecular formula is C12H13NO3S2. The Labute approximate surface area is 113 Å². The van der Waals surface area contributed by atoms with Crippen molar-refractivity contribution in [3.05, 3.63) is 32.4 Å². The molecule has 1 N–H and O–H groups in total. The summed E-state index contributed by atoms with van der Waals surface area (Å²) < 4.78 is 5.57. The molecule has 2 aromatic rings. The summed E-state index contributed by atoms with van der Waals surface area (Å²) in [6.07, 6.45) is 3.60. The van der Waals surface area contributed by atoms with Crippen LogP contribution in [0.5, 0.6) is 5.75 Å². The highest BCUT2D eigenvalue weighted by Crippen LogP contribution is 2.31. The quantitative estimate of drug-likeness (QED) is 0.882. The summed E-state index contributed by atoms with van der Waals surface area (Å²) in [5, 5.41) is 9.13. The van der Waals surface area contributed by atoms with E-state index in [-0.39, 0.29) is 4.88 Å². The van der Waals surface area contributed by atoms with Gasteiger partial charge in [0.25, 0.3) is 0 Å². The molecule has 2 rings (SSSR count). The molecule has 0 saturated heterocycles. The van der Waals surface area contributed by atoms with Crippen molar-refractivity contribution in [2.45, 2.75) is 26.4 Å². The lowest BCUT2D eigenvalue weighted by atomic mass is 10.3. The molecule has 18 heavy (non-hydrogen) atoms. The van der Waals surface area contributed by atoms with Gasteiger partial charge in [-0.3, -0.25) is 4.98 Å². The van der Waals surface area contributed by atoms with Gasteiger partial charge in [0, 0.05) is 11.1 Å². The topological polar surface area (TPSA) is 59.4 Å². The summed E-state index contributed by atoms with van der Waals surface area (Å²) in [6.45, 7) is 2.44. The second kappa shape index (κ2) is 5.97. The van der Waals surface area contributed by atoms with Crippen LogP contribution in [-0.2, 0) is 13.0 Å². The highest BCUT2D eigenvalue weighted by Gasteiger charge is 2.16. The number of hydrogen-bond donors (Lipinski definition) is 1. The van der Waals surface area contributed by atoms with Gasteiger partial charge in [0.05, 0.1) is 10.4 Å². The van der Waals surface area contributed by atoms with Gasteiger partial charge in [0.15, 0.2) is 4.88 Å². The molecule has 0 aliphatic heterocycles. The van der Waals surface area contributed by atoms with Crippen molar-refractivity contribution in [3.8, 4) is 5.75 Å². The van der Waals surface area contributed by atoms with Crippen molar-refractivity contribution in [3.63, 3.8) is 0 Å². The molecule has 2 aromatic heterocycles. The summed E-state index contributed by atoms with van der Waals surface area (Å²) >= 11 is 2.79. The number of carbonyl (C=O) groups is 1. The summed E-state index contributed by atoms with van der Waals surface area (Å²) in [5.74, 6) is -0.467. The number of rotatable bonds is 6. The summed E-state index contributed by atoms with van der Waals surface area (Å²) in [4.78, 5) is 17.4. The number of aromatic carboxylic acids is 1. The lowest BCUT2D eigenvalue weighted by Gasteiger charge is -2.02. The first kappa shape index (κ1) is 13.0. The fourth-order valence-electron chi connectivity index (χ4n) is 1.51. The number of nitrogens with zero attached hydrogens (tertiary/aromatic N) is 1. The molecule has 96 valence electrons. The maximum absolute atomic E-state index is 11.1. The molecule has 0 amide bonds. The van der Waals surface area contributed by atoms with E-state index in [1.807, 2.05) is 6.07 Å². The van der Waals surface area contributed by atoms with Gasteiger partial charge in [-0.1, -0.05) is 13.3 Å². The van der Waals surface area contributed by atoms with Crippen LogP contribution in [-0.4, -0.2) is 16.1 Å². The van der Waals surface area contributed by atoms with E-state index in [0.29, 0.717) is 12.4 Å². The summed E-state index contributed by atoms with van der Waals surface area (Å²) in [5.41, 5.74) is 1.73. The molecule has 0 saturated carbocycles. The summed E-state index contributed by atoms with van der Waals surface area (Å²) in [7, 11) is 0. The molecule has 2 heterocycles. The molecule has 0 spiro atoms. The Morgan fingerprint density at radius 3 is 2.94 bits per heavy atom. The number of ether oxygens (including phenoxy) is 1. The fourth-order valence-corrected chi connectivity index (χ4v) is 3.06. The van der Waals surface area contributed by atoms with Gasteiger partial charge < -0.3 is 9.84 Å². The van der Waals surface area contributed by atoms with Gasteiger partial charge >= 0.3 is 5.97 Å². The monoisotopic (exact) mass is 283 g/mol. The van der Waals surface area contributed by atoms with Gasteiger partial charge in [0.2, 0.25) is 0 Å². The molecule has 0 bridgehead atoms. The molecule has 0 atom stereocenters. The molecule has 0 aliphatic carbocycles. The lowest BCUT2D eigenvalue weighted by Crippen LogP contribution is -1.98. The highest BCUT2D eigenvalue weighted by molar-refractivity contribution is 7.14. The van der Waals surface area contributed by atoms with Crippen LogP contribution in [0.2, 0.25) is 0 Å². The zero-order valence-corrected chi connectivity index (χ0v) is 11.5. The minimum absolute atomic E-state index is 0.281. The maximum Gasteiger partial charge on any atom is 0.349 e. The van der Waals surface area contributed by atoms with Crippen molar-refractivity contribution in [2.75, 3.05) is 0 Å². The van der Waals surface area contributed by atoms with Gasteiger partial charge in [-0.05, 0) is 12.5 Å². The molecule has 0 aliphatic rings. The van der Waals surface area contributed by atoms with Crippen molar-refractivity contribution < 1.29 is 14.6 Å². The van der Waals surface area contributed by atoms with E-state index >= 15 is 0 Å². The minimum atomic E-state index is -0.929. The zero-order chi connectivity index (χ0) is 13.0. The van der Waals surface area contributed by atoms with E-state index < -0.39 is 5.97 Å². The van der Waals surface area contributed by atoms with Crippen LogP contribution >= 0.6 is 22.7 Å². The lowest BCUT2D eigenvalue weighted by molar-refractivity contribution is 0.0697. The van der Waals surface area contributed by atoms with Gasteiger partial charge in [0.1, 0.15) is 12.4 Å². The minimum Gasteiger partial charge on any atom is -0.486 e. The van der Waals surface area contributed by atoms with Crippen LogP contribution in [0.25, 0.3) is 0 Å². The van der Waals surface area contributed by atoms with Crippen LogP contribution < -0.4 is 4.74 Å². The van der Waals surface area contributed by atoms with Crippen LogP contribution in [0.15, 0.2) is 17.8 Å². The smallest absolute Gasteiger partial charge is 0.349 e. The van der Waals surface area contributed by atoms with Crippen molar-refractivity contribution in [2.24, 2.45) is 0 Å². The Balaban J connectivity index is 2.12. The van der Waals surface area contributed by atoms with Crippen LogP contribution in [0.4, 0.5) is 0 Å². The van der Waals surface area contributed by atoms with E-state index in [4.69, 9.17) is 9.84 Å². The molecule has 0 radical (unpaired) electrons. The molecule has 0 aromatic carbocycles. The average molecular weight is 283 g/mol. The number of thiophene rings is 1. The molecule has 6 heteroatoms. The van der Waals surface area contributed by atoms with Crippen LogP contribution in [0.3, 0.4) is 0 Å². The Hall–Kier alpha value is -1.40. The second-order valence-electron chi connectivity index (χ2n) is 3.72. The van der Waals surface area contributed by atoms with Gasteiger partial charge in [-0.25, -0.2) is 4.79 Å². The fraction of sp³-hybridized carbons (Fsp3) is 0.333. The third-order valence-corrected chi connectivity index (χ3v) is 4.21. The van der Waals surface area contributed by atoms with Crippen molar-refractivity contribution in [1.82, 2.24) is 4.98 Å². The maximum atomic E-state index is 11.1. The molecule has 0 unspecified atom stereocenters. The Kier molecular flexibility index (Phi) is 4.33. The first-order valence-corrected chi connectivity index (χ1v) is 7.26. The highest BCUT2D eigenvalue weighted by atomic mass is 32.1. The molecule has 0 fully saturated rings. The number of carboxylic acids is 1. The van der Waals surface area contributed by atoms with Crippen molar-refractivity contribution >= 4 is 28.6 Å². The van der Waals surface area contributed by atoms with E-state index in [2.05, 4.69) is 11.9 Å². The first-order valence-electron chi connectivity index (χ1n) is 5.57. The Bertz CT molecular complexity index is 519. The van der Waals surface area contributed by atoms with Gasteiger partial charge in [-0.15, -0.1) is 22.7 Å². The number of thiazole rings is 1. The van der Waals surface area contributed by atoms with E-state index in [9.17, 15) is 4.79 Å². The zero-order valence-electron chi connectivity index (χ0n) is 9.88. The Morgan fingerprint density at radius 2 is 2.33 bits per heavy atom. The standard InChI is InChI=1S/C12H13NO3S2/c1-2-3-8-4-10(11(18-8)12(14)15)16-6-9-5-13-7-17-9/h4-5,7H,2-3,6H2,1H3,(H,14,15). The predicted molar refractivity (Wildman–Crippen MR) is 71.7 cm³/mol. The summed E-state index contributed by atoms with van der Waals surface area (Å²) in [6, 6.07) is 1.83. The van der Waals surface area contributed by atoms with E-state index in [0.717, 1.165) is 22.6 Å². The SMILES string of the molecule is CCCc1cc(OCc2cncs2)c(C(=O)O)s1. The number of aryl methyl sites for hydroxylation is 1. The third-order valence-electron chi connectivity index (χ3n) is 2.29. The number of aromatic nitrogens is 1. The second-order valence-corrected chi connectivity index (χ2v) is 5.83. The van der Waals surface area contributed by atoms with Crippen molar-refractivity contribution in [1.29, 1.82) is 0 Å². The average Bonchev–Trinajstić information content (AvgIpc) is 2.95. The first-order chi connectivity index (χ1) is 8.70. The predicted octanol–water partition coefficient (Wildman–Crippen LogP) is 3.43. The number of carboxylic acid groups (broad SMARTS) is 1. The van der Waals surface area contributed by atoms with Crippen LogP contribution in [0, 0.1) is 0 Å². The Morgan fingerprint density at radius 1 is 1.50 bits per heavy atom.